The molecule has 1 amide bonds. The Morgan fingerprint density at radius 3 is 2.68 bits per heavy atom. The summed E-state index contributed by atoms with van der Waals surface area (Å²) < 4.78 is 0. The molecule has 6 nitrogen and oxygen atoms in total. The molecule has 0 atom stereocenters. The highest BCUT2D eigenvalue weighted by molar-refractivity contribution is 5.80. The van der Waals surface area contributed by atoms with Gasteiger partial charge in [0.15, 0.2) is 0 Å². The minimum atomic E-state index is 0.176. The Bertz CT molecular complexity index is 422. The SMILES string of the molecule is CCc1nc(NC)cc(NCCNC(=O)C2CC2)n1. The van der Waals surface area contributed by atoms with Crippen LogP contribution in [0.5, 0.6) is 0 Å². The lowest BCUT2D eigenvalue weighted by Crippen LogP contribution is -2.30. The summed E-state index contributed by atoms with van der Waals surface area (Å²) in [6.07, 6.45) is 2.87. The van der Waals surface area contributed by atoms with Crippen molar-refractivity contribution < 1.29 is 4.79 Å². The van der Waals surface area contributed by atoms with E-state index in [-0.39, 0.29) is 11.8 Å². The van der Waals surface area contributed by atoms with E-state index in [0.717, 1.165) is 36.7 Å². The highest BCUT2D eigenvalue weighted by Gasteiger charge is 2.28. The Labute approximate surface area is 113 Å². The van der Waals surface area contributed by atoms with E-state index in [4.69, 9.17) is 0 Å². The van der Waals surface area contributed by atoms with E-state index in [1.165, 1.54) is 0 Å². The van der Waals surface area contributed by atoms with Gasteiger partial charge in [0.25, 0.3) is 0 Å². The predicted octanol–water partition coefficient (Wildman–Crippen LogP) is 1.02. The Morgan fingerprint density at radius 1 is 1.32 bits per heavy atom. The summed E-state index contributed by atoms with van der Waals surface area (Å²) in [5.74, 6) is 2.83. The van der Waals surface area contributed by atoms with Gasteiger partial charge in [-0.25, -0.2) is 9.97 Å². The number of rotatable bonds is 7. The average molecular weight is 263 g/mol. The number of amides is 1. The van der Waals surface area contributed by atoms with Gasteiger partial charge in [0.1, 0.15) is 17.5 Å². The van der Waals surface area contributed by atoms with Gasteiger partial charge in [-0.1, -0.05) is 6.92 Å². The minimum Gasteiger partial charge on any atom is -0.373 e. The van der Waals surface area contributed by atoms with Crippen LogP contribution >= 0.6 is 0 Å². The van der Waals surface area contributed by atoms with Crippen molar-refractivity contribution in [2.75, 3.05) is 30.8 Å². The number of hydrogen-bond donors (Lipinski definition) is 3. The van der Waals surface area contributed by atoms with Gasteiger partial charge in [-0.3, -0.25) is 4.79 Å². The molecule has 104 valence electrons. The van der Waals surface area contributed by atoms with Gasteiger partial charge in [-0.2, -0.15) is 0 Å². The van der Waals surface area contributed by atoms with Crippen LogP contribution in [-0.2, 0) is 11.2 Å². The average Bonchev–Trinajstić information content (AvgIpc) is 3.27. The summed E-state index contributed by atoms with van der Waals surface area (Å²) >= 11 is 0. The Balaban J connectivity index is 1.79. The van der Waals surface area contributed by atoms with Crippen LogP contribution in [0.3, 0.4) is 0 Å². The van der Waals surface area contributed by atoms with E-state index in [2.05, 4.69) is 25.9 Å². The first-order chi connectivity index (χ1) is 9.22. The maximum atomic E-state index is 11.4. The summed E-state index contributed by atoms with van der Waals surface area (Å²) in [6, 6.07) is 1.86. The zero-order chi connectivity index (χ0) is 13.7. The standard InChI is InChI=1S/C13H21N5O/c1-3-10-17-11(14-2)8-12(18-10)15-6-7-16-13(19)9-4-5-9/h8-9H,3-7H2,1-2H3,(H,16,19)(H2,14,15,17,18). The number of anilines is 2. The lowest BCUT2D eigenvalue weighted by Gasteiger charge is -2.09. The molecule has 1 fully saturated rings. The summed E-state index contributed by atoms with van der Waals surface area (Å²) in [5.41, 5.74) is 0. The molecule has 1 aromatic heterocycles. The Morgan fingerprint density at radius 2 is 2.05 bits per heavy atom. The van der Waals surface area contributed by atoms with Crippen LogP contribution in [0.1, 0.15) is 25.6 Å². The van der Waals surface area contributed by atoms with Gasteiger partial charge < -0.3 is 16.0 Å². The molecule has 0 radical (unpaired) electrons. The molecular weight excluding hydrogens is 242 g/mol. The van der Waals surface area contributed by atoms with Crippen LogP contribution in [-0.4, -0.2) is 36.0 Å². The van der Waals surface area contributed by atoms with Crippen molar-refractivity contribution >= 4 is 17.5 Å². The number of nitrogens with zero attached hydrogens (tertiary/aromatic N) is 2. The second kappa shape index (κ2) is 6.36. The molecule has 0 saturated heterocycles. The number of nitrogens with one attached hydrogen (secondary N) is 3. The summed E-state index contributed by atoms with van der Waals surface area (Å²) in [5, 5.41) is 9.13. The number of aromatic nitrogens is 2. The fourth-order valence-corrected chi connectivity index (χ4v) is 1.74. The van der Waals surface area contributed by atoms with Crippen LogP contribution in [0.15, 0.2) is 6.07 Å². The summed E-state index contributed by atoms with van der Waals surface area (Å²) in [7, 11) is 1.83. The fraction of sp³-hybridized carbons (Fsp3) is 0.615. The van der Waals surface area contributed by atoms with Gasteiger partial charge in [0.2, 0.25) is 5.91 Å². The van der Waals surface area contributed by atoms with Gasteiger partial charge in [0, 0.05) is 38.5 Å². The fourth-order valence-electron chi connectivity index (χ4n) is 1.74. The molecule has 1 aromatic rings. The first-order valence-electron chi connectivity index (χ1n) is 6.80. The van der Waals surface area contributed by atoms with Gasteiger partial charge in [-0.15, -0.1) is 0 Å². The molecule has 6 heteroatoms. The monoisotopic (exact) mass is 263 g/mol. The van der Waals surface area contributed by atoms with Crippen molar-refractivity contribution in [2.45, 2.75) is 26.2 Å². The van der Waals surface area contributed by atoms with Crippen LogP contribution in [0.25, 0.3) is 0 Å². The van der Waals surface area contributed by atoms with Gasteiger partial charge in [0.05, 0.1) is 0 Å². The quantitative estimate of drug-likeness (QED) is 0.640. The molecule has 2 rings (SSSR count). The summed E-state index contributed by atoms with van der Waals surface area (Å²) in [4.78, 5) is 20.2. The number of hydrogen-bond acceptors (Lipinski definition) is 5. The molecule has 0 spiro atoms. The molecule has 0 aliphatic heterocycles. The lowest BCUT2D eigenvalue weighted by atomic mass is 10.4. The second-order valence-electron chi connectivity index (χ2n) is 4.65. The molecule has 0 unspecified atom stereocenters. The summed E-state index contributed by atoms with van der Waals surface area (Å²) in [6.45, 7) is 3.31. The van der Waals surface area contributed by atoms with Gasteiger partial charge in [-0.05, 0) is 12.8 Å². The zero-order valence-electron chi connectivity index (χ0n) is 11.5. The topological polar surface area (TPSA) is 78.9 Å². The molecular formula is C13H21N5O. The first kappa shape index (κ1) is 13.6. The number of carbonyl (C=O) groups is 1. The van der Waals surface area contributed by atoms with Gasteiger partial charge >= 0.3 is 0 Å². The van der Waals surface area contributed by atoms with Crippen molar-refractivity contribution in [3.05, 3.63) is 11.9 Å². The van der Waals surface area contributed by atoms with Crippen LogP contribution in [0.4, 0.5) is 11.6 Å². The Kier molecular flexibility index (Phi) is 4.54. The molecule has 0 aromatic carbocycles. The van der Waals surface area contributed by atoms with Crippen LogP contribution in [0, 0.1) is 5.92 Å². The molecule has 0 bridgehead atoms. The van der Waals surface area contributed by atoms with Crippen molar-refractivity contribution in [3.63, 3.8) is 0 Å². The molecule has 1 saturated carbocycles. The van der Waals surface area contributed by atoms with E-state index in [1.807, 2.05) is 20.0 Å². The minimum absolute atomic E-state index is 0.176. The van der Waals surface area contributed by atoms with Crippen molar-refractivity contribution in [1.82, 2.24) is 15.3 Å². The Hall–Kier alpha value is -1.85. The number of carbonyl (C=O) groups excluding carboxylic acids is 1. The maximum absolute atomic E-state index is 11.4. The van der Waals surface area contributed by atoms with Crippen molar-refractivity contribution in [1.29, 1.82) is 0 Å². The molecule has 3 N–H and O–H groups in total. The molecule has 1 aliphatic rings. The predicted molar refractivity (Wildman–Crippen MR) is 75.2 cm³/mol. The number of aryl methyl sites for hydroxylation is 1. The third kappa shape index (κ3) is 4.08. The van der Waals surface area contributed by atoms with E-state index in [1.54, 1.807) is 0 Å². The highest BCUT2D eigenvalue weighted by atomic mass is 16.2. The molecule has 1 aliphatic carbocycles. The van der Waals surface area contributed by atoms with Crippen LogP contribution < -0.4 is 16.0 Å². The smallest absolute Gasteiger partial charge is 0.223 e. The van der Waals surface area contributed by atoms with Crippen LogP contribution in [0.2, 0.25) is 0 Å². The van der Waals surface area contributed by atoms with Crippen molar-refractivity contribution in [3.8, 4) is 0 Å². The first-order valence-corrected chi connectivity index (χ1v) is 6.80. The largest absolute Gasteiger partial charge is 0.373 e. The highest BCUT2D eigenvalue weighted by Crippen LogP contribution is 2.28. The van der Waals surface area contributed by atoms with E-state index in [0.29, 0.717) is 13.1 Å². The normalized spacial score (nSPS) is 14.0. The zero-order valence-corrected chi connectivity index (χ0v) is 11.5. The van der Waals surface area contributed by atoms with E-state index in [9.17, 15) is 4.79 Å². The molecule has 19 heavy (non-hydrogen) atoms. The van der Waals surface area contributed by atoms with Crippen molar-refractivity contribution in [2.24, 2.45) is 5.92 Å². The van der Waals surface area contributed by atoms with E-state index < -0.39 is 0 Å². The lowest BCUT2D eigenvalue weighted by molar-refractivity contribution is -0.122. The van der Waals surface area contributed by atoms with E-state index >= 15 is 0 Å². The third-order valence-electron chi connectivity index (χ3n) is 3.02. The molecule has 1 heterocycles. The maximum Gasteiger partial charge on any atom is 0.223 e. The second-order valence-corrected chi connectivity index (χ2v) is 4.65. The third-order valence-corrected chi connectivity index (χ3v) is 3.02.